The molecule has 8 nitrogen and oxygen atoms in total. The van der Waals surface area contributed by atoms with Crippen LogP contribution in [0.5, 0.6) is 11.5 Å². The first-order chi connectivity index (χ1) is 10.7. The molecule has 0 saturated heterocycles. The van der Waals surface area contributed by atoms with Crippen molar-refractivity contribution in [1.29, 1.82) is 0 Å². The minimum Gasteiger partial charge on any atom is -0.493 e. The van der Waals surface area contributed by atoms with Crippen LogP contribution in [0.3, 0.4) is 0 Å². The number of ether oxygens (including phenoxy) is 2. The summed E-state index contributed by atoms with van der Waals surface area (Å²) >= 11 is 0. The van der Waals surface area contributed by atoms with E-state index in [1.54, 1.807) is 25.9 Å². The fourth-order valence-corrected chi connectivity index (χ4v) is 1.87. The molecule has 23 heavy (non-hydrogen) atoms. The summed E-state index contributed by atoms with van der Waals surface area (Å²) in [5, 5.41) is 10.4. The zero-order chi connectivity index (χ0) is 15.9. The number of aliphatic imine (C=N–C) groups is 1. The van der Waals surface area contributed by atoms with Gasteiger partial charge in [0.15, 0.2) is 17.5 Å². The summed E-state index contributed by atoms with van der Waals surface area (Å²) in [4.78, 5) is 8.32. The Hall–Kier alpha value is -2.04. The van der Waals surface area contributed by atoms with E-state index in [1.165, 1.54) is 6.33 Å². The molecular formula is C14H21IN6O2. The molecule has 2 N–H and O–H groups in total. The van der Waals surface area contributed by atoms with Gasteiger partial charge in [0, 0.05) is 25.8 Å². The zero-order valence-electron chi connectivity index (χ0n) is 13.5. The maximum Gasteiger partial charge on any atom is 0.195 e. The van der Waals surface area contributed by atoms with E-state index >= 15 is 0 Å². The molecule has 1 aromatic carbocycles. The van der Waals surface area contributed by atoms with E-state index in [1.807, 2.05) is 25.2 Å². The third kappa shape index (κ3) is 4.98. The Kier molecular flexibility index (Phi) is 7.59. The maximum atomic E-state index is 5.28. The average Bonchev–Trinajstić information content (AvgIpc) is 2.96. The molecule has 126 valence electrons. The summed E-state index contributed by atoms with van der Waals surface area (Å²) in [6, 6.07) is 5.56. The number of aromatic nitrogens is 3. The van der Waals surface area contributed by atoms with Gasteiger partial charge in [0.05, 0.1) is 20.8 Å². The lowest BCUT2D eigenvalue weighted by atomic mass is 10.3. The highest BCUT2D eigenvalue weighted by molar-refractivity contribution is 14.0. The van der Waals surface area contributed by atoms with E-state index in [9.17, 15) is 0 Å². The molecule has 0 spiro atoms. The molecule has 0 aliphatic rings. The molecule has 0 unspecified atom stereocenters. The molecule has 9 heteroatoms. The lowest BCUT2D eigenvalue weighted by Crippen LogP contribution is -2.31. The van der Waals surface area contributed by atoms with Crippen molar-refractivity contribution in [2.75, 3.05) is 26.6 Å². The first-order valence-electron chi connectivity index (χ1n) is 6.70. The second-order valence-electron chi connectivity index (χ2n) is 4.42. The normalized spacial score (nSPS) is 10.7. The van der Waals surface area contributed by atoms with Gasteiger partial charge in [0.1, 0.15) is 12.2 Å². The second kappa shape index (κ2) is 9.18. The van der Waals surface area contributed by atoms with Gasteiger partial charge in [0.25, 0.3) is 0 Å². The SMILES string of the molecule is CN=C(NCc1ncnn1C)Nc1ccc(OC)c(OC)c1.I. The molecule has 0 bridgehead atoms. The van der Waals surface area contributed by atoms with E-state index in [4.69, 9.17) is 9.47 Å². The monoisotopic (exact) mass is 432 g/mol. The lowest BCUT2D eigenvalue weighted by Gasteiger charge is -2.13. The van der Waals surface area contributed by atoms with Gasteiger partial charge in [-0.2, -0.15) is 5.10 Å². The van der Waals surface area contributed by atoms with E-state index in [2.05, 4.69) is 25.7 Å². The fraction of sp³-hybridized carbons (Fsp3) is 0.357. The topological polar surface area (TPSA) is 85.6 Å². The average molecular weight is 432 g/mol. The molecule has 2 aromatic rings. The molecule has 1 heterocycles. The van der Waals surface area contributed by atoms with Gasteiger partial charge in [-0.05, 0) is 12.1 Å². The van der Waals surface area contributed by atoms with Crippen molar-refractivity contribution in [3.05, 3.63) is 30.4 Å². The molecule has 0 aliphatic heterocycles. The highest BCUT2D eigenvalue weighted by Gasteiger charge is 2.07. The Morgan fingerprint density at radius 3 is 2.57 bits per heavy atom. The van der Waals surface area contributed by atoms with Crippen LogP contribution in [0, 0.1) is 0 Å². The molecule has 0 fully saturated rings. The molecule has 1 aromatic heterocycles. The third-order valence-electron chi connectivity index (χ3n) is 3.09. The summed E-state index contributed by atoms with van der Waals surface area (Å²) in [5.41, 5.74) is 0.837. The Morgan fingerprint density at radius 2 is 2.00 bits per heavy atom. The van der Waals surface area contributed by atoms with Gasteiger partial charge in [-0.3, -0.25) is 9.67 Å². The van der Waals surface area contributed by atoms with Crippen LogP contribution in [0.4, 0.5) is 5.69 Å². The van der Waals surface area contributed by atoms with Gasteiger partial charge in [-0.15, -0.1) is 24.0 Å². The number of hydrogen-bond donors (Lipinski definition) is 2. The maximum absolute atomic E-state index is 5.28. The number of nitrogens with zero attached hydrogens (tertiary/aromatic N) is 4. The zero-order valence-corrected chi connectivity index (χ0v) is 15.9. The van der Waals surface area contributed by atoms with Gasteiger partial charge in [-0.25, -0.2) is 4.98 Å². The highest BCUT2D eigenvalue weighted by Crippen LogP contribution is 2.29. The van der Waals surface area contributed by atoms with E-state index < -0.39 is 0 Å². The highest BCUT2D eigenvalue weighted by atomic mass is 127. The number of halogens is 1. The molecule has 0 atom stereocenters. The molecule has 0 radical (unpaired) electrons. The van der Waals surface area contributed by atoms with Crippen LogP contribution in [-0.2, 0) is 13.6 Å². The van der Waals surface area contributed by atoms with Crippen molar-refractivity contribution >= 4 is 35.6 Å². The van der Waals surface area contributed by atoms with E-state index in [0.717, 1.165) is 11.5 Å². The molecule has 0 amide bonds. The second-order valence-corrected chi connectivity index (χ2v) is 4.42. The Balaban J connectivity index is 0.00000264. The Morgan fingerprint density at radius 1 is 1.26 bits per heavy atom. The number of guanidine groups is 1. The molecule has 2 rings (SSSR count). The summed E-state index contributed by atoms with van der Waals surface area (Å²) in [7, 11) is 6.75. The third-order valence-corrected chi connectivity index (χ3v) is 3.09. The van der Waals surface area contributed by atoms with Crippen molar-refractivity contribution < 1.29 is 9.47 Å². The Labute approximate surface area is 152 Å². The van der Waals surface area contributed by atoms with Gasteiger partial charge in [-0.1, -0.05) is 0 Å². The number of nitrogens with one attached hydrogen (secondary N) is 2. The van der Waals surface area contributed by atoms with Crippen LogP contribution >= 0.6 is 24.0 Å². The van der Waals surface area contributed by atoms with Gasteiger partial charge in [0.2, 0.25) is 0 Å². The number of hydrogen-bond acceptors (Lipinski definition) is 5. The van der Waals surface area contributed by atoms with E-state index in [0.29, 0.717) is 24.0 Å². The number of anilines is 1. The first-order valence-corrected chi connectivity index (χ1v) is 6.70. The van der Waals surface area contributed by atoms with Crippen molar-refractivity contribution in [1.82, 2.24) is 20.1 Å². The fourth-order valence-electron chi connectivity index (χ4n) is 1.87. The summed E-state index contributed by atoms with van der Waals surface area (Å²) in [5.74, 6) is 2.76. The molecule has 0 aliphatic carbocycles. The standard InChI is InChI=1S/C14H20N6O2.HI/c1-15-14(16-8-13-17-9-18-20(13)2)19-10-5-6-11(21-3)12(7-10)22-4;/h5-7,9H,8H2,1-4H3,(H2,15,16,19);1H. The first kappa shape index (κ1) is 19.0. The van der Waals surface area contributed by atoms with Crippen LogP contribution in [0.2, 0.25) is 0 Å². The minimum absolute atomic E-state index is 0. The lowest BCUT2D eigenvalue weighted by molar-refractivity contribution is 0.355. The molecular weight excluding hydrogens is 411 g/mol. The van der Waals surface area contributed by atoms with Crippen molar-refractivity contribution in [3.63, 3.8) is 0 Å². The summed E-state index contributed by atoms with van der Waals surface area (Å²) < 4.78 is 12.2. The van der Waals surface area contributed by atoms with Crippen LogP contribution in [0.1, 0.15) is 5.82 Å². The van der Waals surface area contributed by atoms with Crippen molar-refractivity contribution in [2.45, 2.75) is 6.54 Å². The summed E-state index contributed by atoms with van der Waals surface area (Å²) in [6.45, 7) is 0.517. The number of methoxy groups -OCH3 is 2. The van der Waals surface area contributed by atoms with Gasteiger partial charge < -0.3 is 20.1 Å². The van der Waals surface area contributed by atoms with Gasteiger partial charge >= 0.3 is 0 Å². The van der Waals surface area contributed by atoms with Crippen LogP contribution in [0.25, 0.3) is 0 Å². The van der Waals surface area contributed by atoms with Crippen LogP contribution in [-0.4, -0.2) is 42.0 Å². The predicted octanol–water partition coefficient (Wildman–Crippen LogP) is 1.64. The van der Waals surface area contributed by atoms with Crippen molar-refractivity contribution in [3.8, 4) is 11.5 Å². The van der Waals surface area contributed by atoms with Crippen LogP contribution < -0.4 is 20.1 Å². The predicted molar refractivity (Wildman–Crippen MR) is 99.8 cm³/mol. The number of benzene rings is 1. The quantitative estimate of drug-likeness (QED) is 0.425. The minimum atomic E-state index is 0. The van der Waals surface area contributed by atoms with Crippen molar-refractivity contribution in [2.24, 2.45) is 12.0 Å². The smallest absolute Gasteiger partial charge is 0.195 e. The Bertz CT molecular complexity index is 658. The largest absolute Gasteiger partial charge is 0.493 e. The summed E-state index contributed by atoms with van der Waals surface area (Å²) in [6.07, 6.45) is 1.52. The number of rotatable bonds is 5. The number of aryl methyl sites for hydroxylation is 1. The van der Waals surface area contributed by atoms with E-state index in [-0.39, 0.29) is 24.0 Å². The van der Waals surface area contributed by atoms with Crippen LogP contribution in [0.15, 0.2) is 29.5 Å². The molecule has 0 saturated carbocycles.